The van der Waals surface area contributed by atoms with Gasteiger partial charge in [0.05, 0.1) is 11.4 Å². The highest BCUT2D eigenvalue weighted by atomic mass is 19.4. The molecular formula is C23H16F6N2O8. The van der Waals surface area contributed by atoms with Gasteiger partial charge in [0.15, 0.2) is 0 Å². The van der Waals surface area contributed by atoms with Crippen molar-refractivity contribution in [2.75, 3.05) is 10.6 Å². The summed E-state index contributed by atoms with van der Waals surface area (Å²) in [5.74, 6) is -7.72. The van der Waals surface area contributed by atoms with Crippen LogP contribution in [0.5, 0.6) is 11.5 Å². The van der Waals surface area contributed by atoms with Crippen LogP contribution >= 0.6 is 0 Å². The summed E-state index contributed by atoms with van der Waals surface area (Å²) in [6.45, 7) is 0. The highest BCUT2D eigenvalue weighted by Crippen LogP contribution is 2.57. The Labute approximate surface area is 213 Å². The van der Waals surface area contributed by atoms with Crippen molar-refractivity contribution in [3.8, 4) is 11.5 Å². The molecule has 0 aromatic heterocycles. The fraction of sp³-hybridized carbons (Fsp3) is 0.130. The molecule has 0 aliphatic heterocycles. The summed E-state index contributed by atoms with van der Waals surface area (Å²) in [6, 6.07) is 1.75. The minimum absolute atomic E-state index is 0.170. The molecule has 2 aromatic rings. The molecule has 0 fully saturated rings. The Morgan fingerprint density at radius 1 is 0.615 bits per heavy atom. The number of alkyl halides is 6. The highest BCUT2D eigenvalue weighted by molar-refractivity contribution is 6.04. The molecule has 208 valence electrons. The molecule has 16 heteroatoms. The number of rotatable bonds is 8. The summed E-state index contributed by atoms with van der Waals surface area (Å²) in [5, 5.41) is 40.5. The van der Waals surface area contributed by atoms with E-state index in [1.165, 1.54) is 0 Å². The van der Waals surface area contributed by atoms with Crippen LogP contribution in [0.4, 0.5) is 37.7 Å². The first-order valence-electron chi connectivity index (χ1n) is 10.1. The van der Waals surface area contributed by atoms with Crippen LogP contribution < -0.4 is 10.6 Å². The van der Waals surface area contributed by atoms with Gasteiger partial charge in [0, 0.05) is 24.3 Å². The zero-order valence-electron chi connectivity index (χ0n) is 19.0. The minimum Gasteiger partial charge on any atom is -0.506 e. The molecule has 0 heterocycles. The number of nitrogens with one attached hydrogen (secondary N) is 2. The van der Waals surface area contributed by atoms with Crippen molar-refractivity contribution in [3.05, 3.63) is 71.8 Å². The number of aliphatic carboxylic acids is 2. The minimum atomic E-state index is -6.16. The van der Waals surface area contributed by atoms with E-state index in [2.05, 4.69) is 0 Å². The van der Waals surface area contributed by atoms with E-state index >= 15 is 0 Å². The fourth-order valence-corrected chi connectivity index (χ4v) is 3.36. The maximum Gasteiger partial charge on any atom is 0.411 e. The average molecular weight is 562 g/mol. The number of carbonyl (C=O) groups is 4. The van der Waals surface area contributed by atoms with Crippen LogP contribution in [0.1, 0.15) is 11.1 Å². The smallest absolute Gasteiger partial charge is 0.411 e. The largest absolute Gasteiger partial charge is 0.506 e. The summed E-state index contributed by atoms with van der Waals surface area (Å²) >= 11 is 0. The van der Waals surface area contributed by atoms with E-state index in [-0.39, 0.29) is 24.3 Å². The summed E-state index contributed by atoms with van der Waals surface area (Å²) in [6.07, 6.45) is -10.9. The van der Waals surface area contributed by atoms with E-state index in [9.17, 15) is 55.7 Å². The third-order valence-electron chi connectivity index (χ3n) is 4.98. The third-order valence-corrected chi connectivity index (χ3v) is 4.98. The first kappa shape index (κ1) is 30.2. The van der Waals surface area contributed by atoms with Crippen molar-refractivity contribution in [1.29, 1.82) is 0 Å². The zero-order chi connectivity index (χ0) is 29.8. The standard InChI is InChI=1S/C23H16F6N2O8/c24-22(25,26)21(23(27,28)29,11-1-3-15(32)13(9-11)30-17(34)5-7-19(36)37)12-2-4-16(33)14(10-12)31-18(35)6-8-20(38)39/h1-10,32-33H,(H,30,34)(H,31,35)(H,36,37)(H,38,39)/b7-5-,8-6-. The molecule has 2 amide bonds. The van der Waals surface area contributed by atoms with Crippen LogP contribution in [-0.2, 0) is 24.6 Å². The molecule has 0 unspecified atom stereocenters. The number of hydrogen-bond acceptors (Lipinski definition) is 6. The number of aromatic hydroxyl groups is 2. The van der Waals surface area contributed by atoms with Gasteiger partial charge in [-0.05, 0) is 35.4 Å². The predicted octanol–water partition coefficient (Wildman–Crippen LogP) is 3.67. The van der Waals surface area contributed by atoms with Gasteiger partial charge in [0.25, 0.3) is 0 Å². The van der Waals surface area contributed by atoms with E-state index in [1.54, 1.807) is 10.6 Å². The second kappa shape index (κ2) is 11.2. The first-order chi connectivity index (χ1) is 17.9. The Kier molecular flexibility index (Phi) is 8.64. The SMILES string of the molecule is O=C(O)/C=C\C(=O)Nc1cc(C(c2ccc(O)c(NC(=O)/C=C\C(=O)O)c2)(C(F)(F)F)C(F)(F)F)ccc1O. The van der Waals surface area contributed by atoms with Gasteiger partial charge in [-0.2, -0.15) is 26.3 Å². The van der Waals surface area contributed by atoms with Crippen molar-refractivity contribution >= 4 is 35.1 Å². The summed E-state index contributed by atoms with van der Waals surface area (Å²) in [7, 11) is 0. The molecule has 10 nitrogen and oxygen atoms in total. The van der Waals surface area contributed by atoms with Crippen LogP contribution in [0.25, 0.3) is 0 Å². The average Bonchev–Trinajstić information content (AvgIpc) is 2.79. The quantitative estimate of drug-likeness (QED) is 0.161. The number of carbonyl (C=O) groups excluding carboxylic acids is 2. The monoisotopic (exact) mass is 562 g/mol. The van der Waals surface area contributed by atoms with Gasteiger partial charge in [-0.15, -0.1) is 0 Å². The molecule has 0 spiro atoms. The van der Waals surface area contributed by atoms with Crippen molar-refractivity contribution in [2.24, 2.45) is 0 Å². The van der Waals surface area contributed by atoms with Crippen molar-refractivity contribution < 1.29 is 65.9 Å². The number of amides is 2. The van der Waals surface area contributed by atoms with Crippen LogP contribution in [-0.4, -0.2) is 56.5 Å². The summed E-state index contributed by atoms with van der Waals surface area (Å²) in [5.41, 5.74) is -9.86. The van der Waals surface area contributed by atoms with Gasteiger partial charge in [0.1, 0.15) is 11.5 Å². The zero-order valence-corrected chi connectivity index (χ0v) is 19.0. The predicted molar refractivity (Wildman–Crippen MR) is 120 cm³/mol. The lowest BCUT2D eigenvalue weighted by Gasteiger charge is -2.38. The molecule has 0 atom stereocenters. The Hall–Kier alpha value is -5.02. The molecule has 39 heavy (non-hydrogen) atoms. The topological polar surface area (TPSA) is 173 Å². The van der Waals surface area contributed by atoms with Crippen LogP contribution in [0.2, 0.25) is 0 Å². The second-order valence-electron chi connectivity index (χ2n) is 7.53. The van der Waals surface area contributed by atoms with Crippen LogP contribution in [0.3, 0.4) is 0 Å². The van der Waals surface area contributed by atoms with Crippen molar-refractivity contribution in [3.63, 3.8) is 0 Å². The second-order valence-corrected chi connectivity index (χ2v) is 7.53. The van der Waals surface area contributed by atoms with Crippen molar-refractivity contribution in [2.45, 2.75) is 17.8 Å². The Balaban J connectivity index is 2.79. The molecule has 0 bridgehead atoms. The lowest BCUT2D eigenvalue weighted by atomic mass is 9.72. The maximum atomic E-state index is 14.5. The van der Waals surface area contributed by atoms with Gasteiger partial charge in [-0.3, -0.25) is 9.59 Å². The van der Waals surface area contributed by atoms with Gasteiger partial charge >= 0.3 is 24.3 Å². The molecule has 0 aliphatic carbocycles. The van der Waals surface area contributed by atoms with E-state index in [0.717, 1.165) is 0 Å². The van der Waals surface area contributed by atoms with E-state index in [0.29, 0.717) is 36.4 Å². The lowest BCUT2D eigenvalue weighted by molar-refractivity contribution is -0.288. The van der Waals surface area contributed by atoms with Crippen LogP contribution in [0.15, 0.2) is 60.7 Å². The Morgan fingerprint density at radius 3 is 1.23 bits per heavy atom. The van der Waals surface area contributed by atoms with Crippen molar-refractivity contribution in [1.82, 2.24) is 0 Å². The molecule has 0 radical (unpaired) electrons. The number of benzene rings is 2. The van der Waals surface area contributed by atoms with Crippen LogP contribution in [0, 0.1) is 0 Å². The van der Waals surface area contributed by atoms with Gasteiger partial charge in [0.2, 0.25) is 17.2 Å². The van der Waals surface area contributed by atoms with E-state index in [1.807, 2.05) is 0 Å². The lowest BCUT2D eigenvalue weighted by Crippen LogP contribution is -2.54. The van der Waals surface area contributed by atoms with E-state index < -0.39 is 75.5 Å². The molecule has 0 saturated heterocycles. The molecular weight excluding hydrogens is 546 g/mol. The number of phenols is 2. The van der Waals surface area contributed by atoms with Gasteiger partial charge in [-0.25, -0.2) is 9.59 Å². The number of phenolic OH excluding ortho intramolecular Hbond substituents is 2. The normalized spacial score (nSPS) is 12.5. The number of anilines is 2. The number of hydrogen-bond donors (Lipinski definition) is 6. The van der Waals surface area contributed by atoms with Gasteiger partial charge < -0.3 is 31.1 Å². The Morgan fingerprint density at radius 2 is 0.949 bits per heavy atom. The maximum absolute atomic E-state index is 14.5. The van der Waals surface area contributed by atoms with Gasteiger partial charge in [-0.1, -0.05) is 12.1 Å². The summed E-state index contributed by atoms with van der Waals surface area (Å²) < 4.78 is 86.9. The molecule has 0 saturated carbocycles. The summed E-state index contributed by atoms with van der Waals surface area (Å²) in [4.78, 5) is 44.8. The number of halogens is 6. The first-order valence-corrected chi connectivity index (χ1v) is 10.1. The number of carboxylic acids is 2. The number of carboxylic acid groups (broad SMARTS) is 2. The molecule has 2 rings (SSSR count). The molecule has 0 aliphatic rings. The fourth-order valence-electron chi connectivity index (χ4n) is 3.36. The highest BCUT2D eigenvalue weighted by Gasteiger charge is 2.72. The molecule has 6 N–H and O–H groups in total. The third kappa shape index (κ3) is 6.65. The Bertz CT molecular complexity index is 1260. The van der Waals surface area contributed by atoms with E-state index in [4.69, 9.17) is 10.2 Å². The molecule has 2 aromatic carbocycles.